The minimum Gasteiger partial charge on any atom is -0.457 e. The molecule has 1 aliphatic carbocycles. The zero-order valence-corrected chi connectivity index (χ0v) is 16.2. The van der Waals surface area contributed by atoms with E-state index >= 15 is 0 Å². The maximum absolute atomic E-state index is 13.0. The molecular formula is C22H17N3O3S. The van der Waals surface area contributed by atoms with Crippen LogP contribution in [0.5, 0.6) is 11.5 Å². The third kappa shape index (κ3) is 3.77. The molecule has 29 heavy (non-hydrogen) atoms. The van der Waals surface area contributed by atoms with Gasteiger partial charge in [0.2, 0.25) is 0 Å². The van der Waals surface area contributed by atoms with Gasteiger partial charge in [-0.25, -0.2) is 0 Å². The van der Waals surface area contributed by atoms with Crippen LogP contribution in [0.15, 0.2) is 70.6 Å². The van der Waals surface area contributed by atoms with Crippen molar-refractivity contribution in [2.24, 2.45) is 0 Å². The number of carbonyl (C=O) groups excluding carboxylic acids is 1. The fourth-order valence-electron chi connectivity index (χ4n) is 2.96. The van der Waals surface area contributed by atoms with Crippen molar-refractivity contribution in [2.75, 3.05) is 5.32 Å². The van der Waals surface area contributed by atoms with E-state index in [2.05, 4.69) is 15.5 Å². The molecule has 6 nitrogen and oxygen atoms in total. The Kier molecular flexibility index (Phi) is 4.57. The van der Waals surface area contributed by atoms with Gasteiger partial charge in [-0.05, 0) is 48.6 Å². The van der Waals surface area contributed by atoms with Gasteiger partial charge in [0, 0.05) is 5.92 Å². The van der Waals surface area contributed by atoms with Crippen LogP contribution in [-0.4, -0.2) is 16.0 Å². The van der Waals surface area contributed by atoms with Gasteiger partial charge in [0.25, 0.3) is 11.8 Å². The number of hydrogen-bond donors (Lipinski definition) is 1. The topological polar surface area (TPSA) is 77.3 Å². The van der Waals surface area contributed by atoms with Gasteiger partial charge >= 0.3 is 0 Å². The summed E-state index contributed by atoms with van der Waals surface area (Å²) < 4.78 is 11.3. The van der Waals surface area contributed by atoms with Crippen LogP contribution in [0.4, 0.5) is 5.69 Å². The van der Waals surface area contributed by atoms with Crippen molar-refractivity contribution in [1.82, 2.24) is 10.1 Å². The molecule has 0 aliphatic heterocycles. The third-order valence-electron chi connectivity index (χ3n) is 4.59. The summed E-state index contributed by atoms with van der Waals surface area (Å²) in [4.78, 5) is 18.2. The Morgan fingerprint density at radius 3 is 2.69 bits per heavy atom. The highest BCUT2D eigenvalue weighted by Crippen LogP contribution is 2.40. The molecular weight excluding hydrogens is 386 g/mol. The van der Waals surface area contributed by atoms with Gasteiger partial charge in [-0.3, -0.25) is 4.79 Å². The Hall–Kier alpha value is -3.45. The van der Waals surface area contributed by atoms with Crippen molar-refractivity contribution < 1.29 is 14.1 Å². The molecule has 144 valence electrons. The highest BCUT2D eigenvalue weighted by molar-refractivity contribution is 7.14. The number of carbonyl (C=O) groups is 1. The van der Waals surface area contributed by atoms with E-state index in [-0.39, 0.29) is 5.91 Å². The average Bonchev–Trinajstić information content (AvgIpc) is 3.30. The van der Waals surface area contributed by atoms with Gasteiger partial charge in [0.1, 0.15) is 16.4 Å². The second-order valence-corrected chi connectivity index (χ2v) is 7.68. The minimum absolute atomic E-state index is 0.266. The van der Waals surface area contributed by atoms with Crippen LogP contribution in [0, 0.1) is 0 Å². The maximum atomic E-state index is 13.0. The number of nitrogens with one attached hydrogen (secondary N) is 1. The lowest BCUT2D eigenvalue weighted by molar-refractivity contribution is 0.102. The number of aromatic nitrogens is 2. The lowest BCUT2D eigenvalue weighted by Crippen LogP contribution is -2.13. The Labute approximate surface area is 171 Å². The molecule has 0 spiro atoms. The number of nitrogens with zero attached hydrogens (tertiary/aromatic N) is 2. The van der Waals surface area contributed by atoms with Gasteiger partial charge in [0.15, 0.2) is 5.82 Å². The van der Waals surface area contributed by atoms with E-state index in [1.165, 1.54) is 11.3 Å². The van der Waals surface area contributed by atoms with Crippen molar-refractivity contribution in [1.29, 1.82) is 0 Å². The van der Waals surface area contributed by atoms with E-state index in [0.717, 1.165) is 23.5 Å². The molecule has 0 radical (unpaired) electrons. The first-order chi connectivity index (χ1) is 14.3. The summed E-state index contributed by atoms with van der Waals surface area (Å²) in [6, 6.07) is 18.4. The second-order valence-electron chi connectivity index (χ2n) is 6.76. The molecule has 1 N–H and O–H groups in total. The molecule has 1 saturated carbocycles. The molecule has 0 bridgehead atoms. The van der Waals surface area contributed by atoms with E-state index in [0.29, 0.717) is 34.6 Å². The number of rotatable bonds is 6. The Balaban J connectivity index is 1.38. The zero-order chi connectivity index (χ0) is 19.6. The monoisotopic (exact) mass is 403 g/mol. The molecule has 2 aromatic carbocycles. The molecule has 0 atom stereocenters. The minimum atomic E-state index is -0.266. The van der Waals surface area contributed by atoms with Gasteiger partial charge in [-0.1, -0.05) is 35.5 Å². The first kappa shape index (κ1) is 17.6. The number of thiophene rings is 1. The first-order valence-corrected chi connectivity index (χ1v) is 10.2. The quantitative estimate of drug-likeness (QED) is 0.445. The van der Waals surface area contributed by atoms with Crippen LogP contribution < -0.4 is 10.1 Å². The smallest absolute Gasteiger partial charge is 0.270 e. The molecule has 7 heteroatoms. The summed E-state index contributed by atoms with van der Waals surface area (Å²) in [7, 11) is 0. The van der Waals surface area contributed by atoms with Gasteiger partial charge in [0.05, 0.1) is 11.3 Å². The molecule has 0 saturated heterocycles. The fraction of sp³-hybridized carbons (Fsp3) is 0.136. The van der Waals surface area contributed by atoms with Gasteiger partial charge in [-0.2, -0.15) is 4.98 Å². The standard InChI is InChI=1S/C22H17N3O3S/c26-21(16-8-4-5-9-18(16)27-15-6-2-1-3-7-15)23-17-12-13-29-19(17)22-24-20(25-28-22)14-10-11-14/h1-9,12-14H,10-11H2,(H,23,26). The summed E-state index contributed by atoms with van der Waals surface area (Å²) in [5.74, 6) is 2.48. The van der Waals surface area contributed by atoms with Crippen LogP contribution >= 0.6 is 11.3 Å². The highest BCUT2D eigenvalue weighted by atomic mass is 32.1. The van der Waals surface area contributed by atoms with Crippen molar-refractivity contribution in [3.8, 4) is 22.3 Å². The predicted molar refractivity (Wildman–Crippen MR) is 110 cm³/mol. The normalized spacial score (nSPS) is 13.2. The van der Waals surface area contributed by atoms with Crippen molar-refractivity contribution in [3.05, 3.63) is 77.4 Å². The Bertz CT molecular complexity index is 1150. The number of anilines is 1. The average molecular weight is 403 g/mol. The lowest BCUT2D eigenvalue weighted by atomic mass is 10.2. The summed E-state index contributed by atoms with van der Waals surface area (Å²) in [5.41, 5.74) is 1.08. The molecule has 0 unspecified atom stereocenters. The fourth-order valence-corrected chi connectivity index (χ4v) is 3.73. The van der Waals surface area contributed by atoms with Crippen LogP contribution in [-0.2, 0) is 0 Å². The number of amides is 1. The molecule has 5 rings (SSSR count). The molecule has 4 aromatic rings. The summed E-state index contributed by atoms with van der Waals surface area (Å²) in [6.45, 7) is 0. The molecule has 1 aliphatic rings. The van der Waals surface area contributed by atoms with E-state index < -0.39 is 0 Å². The van der Waals surface area contributed by atoms with E-state index in [1.807, 2.05) is 47.8 Å². The second kappa shape index (κ2) is 7.52. The summed E-state index contributed by atoms with van der Waals surface area (Å²) in [5, 5.41) is 8.90. The largest absolute Gasteiger partial charge is 0.457 e. The molecule has 1 fully saturated rings. The van der Waals surface area contributed by atoms with Crippen molar-refractivity contribution in [3.63, 3.8) is 0 Å². The van der Waals surface area contributed by atoms with Crippen LogP contribution in [0.2, 0.25) is 0 Å². The van der Waals surface area contributed by atoms with E-state index in [1.54, 1.807) is 18.2 Å². The van der Waals surface area contributed by atoms with Crippen LogP contribution in [0.25, 0.3) is 10.8 Å². The molecule has 2 heterocycles. The number of hydrogen-bond acceptors (Lipinski definition) is 6. The molecule has 2 aromatic heterocycles. The highest BCUT2D eigenvalue weighted by Gasteiger charge is 2.29. The Morgan fingerprint density at radius 2 is 1.86 bits per heavy atom. The third-order valence-corrected chi connectivity index (χ3v) is 5.50. The maximum Gasteiger partial charge on any atom is 0.270 e. The van der Waals surface area contributed by atoms with Crippen LogP contribution in [0.1, 0.15) is 34.9 Å². The first-order valence-electron chi connectivity index (χ1n) is 9.32. The van der Waals surface area contributed by atoms with E-state index in [4.69, 9.17) is 9.26 Å². The predicted octanol–water partition coefficient (Wildman–Crippen LogP) is 5.72. The van der Waals surface area contributed by atoms with Crippen LogP contribution in [0.3, 0.4) is 0 Å². The Morgan fingerprint density at radius 1 is 1.07 bits per heavy atom. The van der Waals surface area contributed by atoms with Gasteiger partial charge < -0.3 is 14.6 Å². The van der Waals surface area contributed by atoms with Crippen molar-refractivity contribution in [2.45, 2.75) is 18.8 Å². The SMILES string of the molecule is O=C(Nc1ccsc1-c1nc(C2CC2)no1)c1ccccc1Oc1ccccc1. The van der Waals surface area contributed by atoms with Gasteiger partial charge in [-0.15, -0.1) is 11.3 Å². The lowest BCUT2D eigenvalue weighted by Gasteiger charge is -2.11. The summed E-state index contributed by atoms with van der Waals surface area (Å²) in [6.07, 6.45) is 2.20. The number of para-hydroxylation sites is 2. The number of ether oxygens (including phenoxy) is 1. The van der Waals surface area contributed by atoms with E-state index in [9.17, 15) is 4.79 Å². The number of benzene rings is 2. The summed E-state index contributed by atoms with van der Waals surface area (Å²) >= 11 is 1.45. The van der Waals surface area contributed by atoms with Crippen molar-refractivity contribution >= 4 is 22.9 Å². The zero-order valence-electron chi connectivity index (χ0n) is 15.4. The molecule has 1 amide bonds.